The van der Waals surface area contributed by atoms with Crippen LogP contribution in [-0.2, 0) is 9.53 Å². The molecule has 3 rings (SSSR count). The predicted molar refractivity (Wildman–Crippen MR) is 89.1 cm³/mol. The zero-order valence-corrected chi connectivity index (χ0v) is 13.6. The summed E-state index contributed by atoms with van der Waals surface area (Å²) in [5.74, 6) is 1.15. The van der Waals surface area contributed by atoms with Crippen LogP contribution in [0, 0.1) is 0 Å². The molecule has 0 saturated heterocycles. The Morgan fingerprint density at radius 2 is 2.17 bits per heavy atom. The minimum atomic E-state index is -0.456. The van der Waals surface area contributed by atoms with Gasteiger partial charge in [0.05, 0.1) is 18.6 Å². The summed E-state index contributed by atoms with van der Waals surface area (Å²) >= 11 is 1.47. The highest BCUT2D eigenvalue weighted by atomic mass is 32.1. The molecular weight excluding hydrogens is 314 g/mol. The average Bonchev–Trinajstić information content (AvgIpc) is 3.19. The third-order valence-corrected chi connectivity index (χ3v) is 4.00. The molecule has 23 heavy (non-hydrogen) atoms. The normalized spacial score (nSPS) is 15.5. The van der Waals surface area contributed by atoms with E-state index in [9.17, 15) is 4.79 Å². The fourth-order valence-corrected chi connectivity index (χ4v) is 2.77. The Kier molecular flexibility index (Phi) is 4.43. The van der Waals surface area contributed by atoms with Crippen molar-refractivity contribution < 1.29 is 19.0 Å². The van der Waals surface area contributed by atoms with Gasteiger partial charge < -0.3 is 14.2 Å². The second kappa shape index (κ2) is 6.66. The van der Waals surface area contributed by atoms with Gasteiger partial charge in [-0.05, 0) is 42.1 Å². The summed E-state index contributed by atoms with van der Waals surface area (Å²) in [5.41, 5.74) is 1.05. The Morgan fingerprint density at radius 3 is 2.87 bits per heavy atom. The summed E-state index contributed by atoms with van der Waals surface area (Å²) in [5, 5.41) is 1.91. The zero-order chi connectivity index (χ0) is 16.2. The smallest absolute Gasteiger partial charge is 0.363 e. The van der Waals surface area contributed by atoms with Gasteiger partial charge in [0.1, 0.15) is 0 Å². The third-order valence-electron chi connectivity index (χ3n) is 3.14. The number of hydrogen-bond donors (Lipinski definition) is 0. The van der Waals surface area contributed by atoms with Crippen molar-refractivity contribution in [2.75, 3.05) is 13.7 Å². The molecule has 5 nitrogen and oxygen atoms in total. The number of hydrogen-bond acceptors (Lipinski definition) is 6. The van der Waals surface area contributed by atoms with E-state index in [1.54, 1.807) is 25.3 Å². The quantitative estimate of drug-likeness (QED) is 0.622. The number of methoxy groups -OCH3 is 1. The number of thiophene rings is 1. The van der Waals surface area contributed by atoms with Crippen LogP contribution < -0.4 is 9.47 Å². The fourth-order valence-electron chi connectivity index (χ4n) is 2.12. The van der Waals surface area contributed by atoms with E-state index in [4.69, 9.17) is 14.2 Å². The lowest BCUT2D eigenvalue weighted by Crippen LogP contribution is -2.03. The van der Waals surface area contributed by atoms with E-state index < -0.39 is 5.97 Å². The van der Waals surface area contributed by atoms with Crippen molar-refractivity contribution in [1.82, 2.24) is 0 Å². The first-order valence-corrected chi connectivity index (χ1v) is 7.96. The molecule has 0 amide bonds. The highest BCUT2D eigenvalue weighted by molar-refractivity contribution is 7.12. The number of esters is 1. The molecule has 0 fully saturated rings. The number of carbonyl (C=O) groups is 1. The predicted octanol–water partition coefficient (Wildman–Crippen LogP) is 3.50. The molecule has 0 radical (unpaired) electrons. The van der Waals surface area contributed by atoms with Crippen LogP contribution >= 0.6 is 11.3 Å². The number of benzene rings is 1. The van der Waals surface area contributed by atoms with E-state index in [2.05, 4.69) is 4.99 Å². The van der Waals surface area contributed by atoms with Gasteiger partial charge in [-0.1, -0.05) is 12.1 Å². The topological polar surface area (TPSA) is 57.1 Å². The summed E-state index contributed by atoms with van der Waals surface area (Å²) in [6.07, 6.45) is 1.67. The summed E-state index contributed by atoms with van der Waals surface area (Å²) in [6.45, 7) is 2.43. The van der Waals surface area contributed by atoms with Crippen LogP contribution in [0.4, 0.5) is 0 Å². The first-order valence-electron chi connectivity index (χ1n) is 7.08. The summed E-state index contributed by atoms with van der Waals surface area (Å²) in [4.78, 5) is 17.1. The molecule has 0 bridgehead atoms. The maximum absolute atomic E-state index is 12.0. The first kappa shape index (κ1) is 15.3. The minimum absolute atomic E-state index is 0.265. The van der Waals surface area contributed by atoms with E-state index in [1.165, 1.54) is 11.3 Å². The van der Waals surface area contributed by atoms with Crippen molar-refractivity contribution in [3.8, 4) is 11.5 Å². The Balaban J connectivity index is 1.92. The van der Waals surface area contributed by atoms with Crippen molar-refractivity contribution in [3.63, 3.8) is 0 Å². The lowest BCUT2D eigenvalue weighted by molar-refractivity contribution is -0.129. The lowest BCUT2D eigenvalue weighted by atomic mass is 10.1. The number of ether oxygens (including phenoxy) is 3. The molecule has 2 heterocycles. The van der Waals surface area contributed by atoms with E-state index in [0.29, 0.717) is 24.0 Å². The molecule has 0 saturated carbocycles. The van der Waals surface area contributed by atoms with E-state index >= 15 is 0 Å². The van der Waals surface area contributed by atoms with Crippen molar-refractivity contribution in [3.05, 3.63) is 51.8 Å². The highest BCUT2D eigenvalue weighted by Crippen LogP contribution is 2.30. The number of cyclic esters (lactones) is 1. The number of nitrogens with zero attached hydrogens (tertiary/aromatic N) is 1. The van der Waals surface area contributed by atoms with Gasteiger partial charge in [0.25, 0.3) is 0 Å². The zero-order valence-electron chi connectivity index (χ0n) is 12.7. The van der Waals surface area contributed by atoms with Gasteiger partial charge in [-0.2, -0.15) is 0 Å². The second-order valence-corrected chi connectivity index (χ2v) is 5.60. The van der Waals surface area contributed by atoms with Crippen LogP contribution in [-0.4, -0.2) is 25.6 Å². The second-order valence-electron chi connectivity index (χ2n) is 4.66. The Hall–Kier alpha value is -2.60. The van der Waals surface area contributed by atoms with Gasteiger partial charge >= 0.3 is 5.97 Å². The van der Waals surface area contributed by atoms with Crippen molar-refractivity contribution in [2.45, 2.75) is 6.92 Å². The number of rotatable bonds is 5. The molecule has 118 valence electrons. The first-order chi connectivity index (χ1) is 11.2. The number of aliphatic imine (C=N–C) groups is 1. The largest absolute Gasteiger partial charge is 0.493 e. The summed E-state index contributed by atoms with van der Waals surface area (Å²) < 4.78 is 16.0. The van der Waals surface area contributed by atoms with Gasteiger partial charge in [-0.25, -0.2) is 9.79 Å². The molecular formula is C17H15NO4S. The highest BCUT2D eigenvalue weighted by Gasteiger charge is 2.24. The molecule has 0 aliphatic carbocycles. The molecule has 1 aliphatic rings. The maximum atomic E-state index is 12.0. The van der Waals surface area contributed by atoms with Crippen LogP contribution in [0.3, 0.4) is 0 Å². The van der Waals surface area contributed by atoms with Gasteiger partial charge in [0, 0.05) is 0 Å². The maximum Gasteiger partial charge on any atom is 0.363 e. The van der Waals surface area contributed by atoms with Crippen molar-refractivity contribution in [1.29, 1.82) is 0 Å². The molecule has 0 N–H and O–H groups in total. The monoisotopic (exact) mass is 329 g/mol. The lowest BCUT2D eigenvalue weighted by Gasteiger charge is -2.09. The SMILES string of the molecule is CCOc1cc(C=C2N=C(c3cccs3)OC2=O)ccc1OC. The van der Waals surface area contributed by atoms with Crippen LogP contribution in [0.1, 0.15) is 17.4 Å². The van der Waals surface area contributed by atoms with Crippen LogP contribution in [0.15, 0.2) is 46.4 Å². The molecule has 2 aromatic rings. The molecule has 1 aromatic carbocycles. The molecule has 1 aliphatic heterocycles. The fraction of sp³-hybridized carbons (Fsp3) is 0.176. The molecule has 1 aromatic heterocycles. The molecule has 6 heteroatoms. The Labute approximate surface area is 137 Å². The number of carbonyl (C=O) groups excluding carboxylic acids is 1. The standard InChI is InChI=1S/C17H15NO4S/c1-3-21-14-10-11(6-7-13(14)20-2)9-12-17(19)22-16(18-12)15-5-4-8-23-15/h4-10H,3H2,1-2H3. The van der Waals surface area contributed by atoms with Gasteiger partial charge in [-0.3, -0.25) is 0 Å². The third kappa shape index (κ3) is 3.27. The molecule has 0 atom stereocenters. The minimum Gasteiger partial charge on any atom is -0.493 e. The Bertz CT molecular complexity index is 778. The van der Waals surface area contributed by atoms with Gasteiger partial charge in [-0.15, -0.1) is 11.3 Å². The van der Waals surface area contributed by atoms with Gasteiger partial charge in [0.15, 0.2) is 17.2 Å². The Morgan fingerprint density at radius 1 is 1.30 bits per heavy atom. The van der Waals surface area contributed by atoms with Crippen LogP contribution in [0.2, 0.25) is 0 Å². The summed E-state index contributed by atoms with van der Waals surface area (Å²) in [6, 6.07) is 9.18. The average molecular weight is 329 g/mol. The molecule has 0 unspecified atom stereocenters. The molecule has 0 spiro atoms. The van der Waals surface area contributed by atoms with Crippen molar-refractivity contribution in [2.24, 2.45) is 4.99 Å². The summed E-state index contributed by atoms with van der Waals surface area (Å²) in [7, 11) is 1.59. The van der Waals surface area contributed by atoms with E-state index in [-0.39, 0.29) is 5.70 Å². The van der Waals surface area contributed by atoms with Crippen LogP contribution in [0.5, 0.6) is 11.5 Å². The van der Waals surface area contributed by atoms with Crippen molar-refractivity contribution >= 4 is 29.3 Å². The van der Waals surface area contributed by atoms with E-state index in [0.717, 1.165) is 10.4 Å². The van der Waals surface area contributed by atoms with E-state index in [1.807, 2.05) is 30.5 Å². The van der Waals surface area contributed by atoms with Gasteiger partial charge in [0.2, 0.25) is 5.90 Å². The van der Waals surface area contributed by atoms with Crippen LogP contribution in [0.25, 0.3) is 6.08 Å².